The van der Waals surface area contributed by atoms with Crippen molar-refractivity contribution in [3.8, 4) is 11.1 Å². The minimum Gasteiger partial charge on any atom is -0.262 e. The van der Waals surface area contributed by atoms with Gasteiger partial charge in [0, 0.05) is 23.7 Å². The smallest absolute Gasteiger partial charge is 0.163 e. The first kappa shape index (κ1) is 22.1. The molecule has 0 radical (unpaired) electrons. The number of pyridine rings is 2. The number of hydrogen-bond donors (Lipinski definition) is 0. The summed E-state index contributed by atoms with van der Waals surface area (Å²) in [5.74, 6) is 0.537. The highest BCUT2D eigenvalue weighted by Gasteiger charge is 2.22. The van der Waals surface area contributed by atoms with Crippen LogP contribution >= 0.6 is 0 Å². The zero-order valence-electron chi connectivity index (χ0n) is 18.7. The second-order valence-corrected chi connectivity index (χ2v) is 8.58. The van der Waals surface area contributed by atoms with Crippen LogP contribution < -0.4 is 0 Å². The first-order valence-electron chi connectivity index (χ1n) is 11.1. The van der Waals surface area contributed by atoms with Crippen LogP contribution in [0.4, 0.5) is 8.78 Å². The van der Waals surface area contributed by atoms with Crippen LogP contribution in [0.5, 0.6) is 0 Å². The van der Waals surface area contributed by atoms with E-state index in [0.29, 0.717) is 17.0 Å². The second kappa shape index (κ2) is 9.55. The molecule has 1 aliphatic carbocycles. The van der Waals surface area contributed by atoms with Crippen LogP contribution in [0.15, 0.2) is 54.9 Å². The Labute approximate surface area is 187 Å². The van der Waals surface area contributed by atoms with E-state index >= 15 is 0 Å². The topological polar surface area (TPSA) is 43.1 Å². The largest absolute Gasteiger partial charge is 0.262 e. The molecule has 1 aliphatic rings. The molecule has 2 unspecified atom stereocenters. The molecule has 3 aromatic heterocycles. The summed E-state index contributed by atoms with van der Waals surface area (Å²) in [5, 5.41) is 4.18. The lowest BCUT2D eigenvalue weighted by Crippen LogP contribution is -2.14. The lowest BCUT2D eigenvalue weighted by molar-refractivity contribution is 0.330. The second-order valence-electron chi connectivity index (χ2n) is 8.58. The third-order valence-corrected chi connectivity index (χ3v) is 6.16. The molecule has 5 rings (SSSR count). The van der Waals surface area contributed by atoms with E-state index in [1.807, 2.05) is 6.20 Å². The van der Waals surface area contributed by atoms with Crippen molar-refractivity contribution in [1.29, 1.82) is 0 Å². The summed E-state index contributed by atoms with van der Waals surface area (Å²) < 4.78 is 27.8. The van der Waals surface area contributed by atoms with E-state index in [1.54, 1.807) is 29.8 Å². The van der Waals surface area contributed by atoms with Crippen molar-refractivity contribution in [2.45, 2.75) is 52.4 Å². The van der Waals surface area contributed by atoms with Gasteiger partial charge in [0.2, 0.25) is 0 Å². The maximum Gasteiger partial charge on any atom is 0.163 e. The van der Waals surface area contributed by atoms with Gasteiger partial charge < -0.3 is 0 Å². The standard InChI is InChI=1S/C13H9F2N3.C13H19N/c1-8-16-13-10(3-2-6-18(13)17-8)9-4-5-11(14)12(15)7-9;1-10-5-3-4-6-13(10)12-7-8-14-11(2)9-12/h2-7H,1H3;7-10,13H,3-6H2,1-2H3. The average Bonchev–Trinajstić information content (AvgIpc) is 3.17. The summed E-state index contributed by atoms with van der Waals surface area (Å²) in [6.45, 7) is 6.25. The highest BCUT2D eigenvalue weighted by atomic mass is 19.2. The first-order valence-corrected chi connectivity index (χ1v) is 11.1. The van der Waals surface area contributed by atoms with E-state index in [4.69, 9.17) is 0 Å². The molecular formula is C26H28F2N4. The van der Waals surface area contributed by atoms with Crippen LogP contribution in [-0.2, 0) is 0 Å². The van der Waals surface area contributed by atoms with Gasteiger partial charge >= 0.3 is 0 Å². The zero-order valence-corrected chi connectivity index (χ0v) is 18.7. The molecule has 0 bridgehead atoms. The van der Waals surface area contributed by atoms with E-state index in [-0.39, 0.29) is 0 Å². The van der Waals surface area contributed by atoms with Crippen molar-refractivity contribution in [1.82, 2.24) is 19.6 Å². The molecule has 0 saturated heterocycles. The average molecular weight is 435 g/mol. The minimum atomic E-state index is -0.870. The van der Waals surface area contributed by atoms with Crippen LogP contribution in [0.2, 0.25) is 0 Å². The van der Waals surface area contributed by atoms with Gasteiger partial charge in [-0.05, 0) is 79.6 Å². The van der Waals surface area contributed by atoms with Crippen molar-refractivity contribution >= 4 is 5.65 Å². The van der Waals surface area contributed by atoms with Crippen LogP contribution in [0, 0.1) is 31.4 Å². The fourth-order valence-corrected chi connectivity index (χ4v) is 4.51. The van der Waals surface area contributed by atoms with Gasteiger partial charge in [0.25, 0.3) is 0 Å². The molecule has 3 heterocycles. The number of nitrogens with zero attached hydrogens (tertiary/aromatic N) is 4. The molecule has 1 aromatic carbocycles. The van der Waals surface area contributed by atoms with Crippen molar-refractivity contribution in [2.24, 2.45) is 5.92 Å². The Morgan fingerprint density at radius 2 is 1.78 bits per heavy atom. The Balaban J connectivity index is 0.000000158. The first-order chi connectivity index (χ1) is 15.4. The summed E-state index contributed by atoms with van der Waals surface area (Å²) in [6, 6.07) is 11.8. The van der Waals surface area contributed by atoms with Gasteiger partial charge in [0.15, 0.2) is 17.3 Å². The number of aromatic nitrogens is 4. The van der Waals surface area contributed by atoms with Crippen LogP contribution in [-0.4, -0.2) is 19.6 Å². The molecule has 0 N–H and O–H groups in total. The number of aryl methyl sites for hydroxylation is 2. The highest BCUT2D eigenvalue weighted by molar-refractivity contribution is 5.77. The molecule has 0 aliphatic heterocycles. The van der Waals surface area contributed by atoms with E-state index in [1.165, 1.54) is 37.3 Å². The fourth-order valence-electron chi connectivity index (χ4n) is 4.51. The summed E-state index contributed by atoms with van der Waals surface area (Å²) in [5.41, 5.74) is 4.58. The predicted octanol–water partition coefficient (Wildman–Crippen LogP) is 6.67. The number of halogens is 2. The van der Waals surface area contributed by atoms with Gasteiger partial charge in [0.1, 0.15) is 5.82 Å². The molecule has 0 amide bonds. The molecule has 32 heavy (non-hydrogen) atoms. The third kappa shape index (κ3) is 4.85. The van der Waals surface area contributed by atoms with Gasteiger partial charge in [-0.2, -0.15) is 5.10 Å². The third-order valence-electron chi connectivity index (χ3n) is 6.16. The molecule has 166 valence electrons. The summed E-state index contributed by atoms with van der Waals surface area (Å²) >= 11 is 0. The van der Waals surface area contributed by atoms with Crippen molar-refractivity contribution in [2.75, 3.05) is 0 Å². The Morgan fingerprint density at radius 1 is 0.969 bits per heavy atom. The van der Waals surface area contributed by atoms with Crippen LogP contribution in [0.25, 0.3) is 16.8 Å². The van der Waals surface area contributed by atoms with Gasteiger partial charge in [-0.15, -0.1) is 0 Å². The van der Waals surface area contributed by atoms with E-state index < -0.39 is 11.6 Å². The molecule has 1 saturated carbocycles. The van der Waals surface area contributed by atoms with Crippen LogP contribution in [0.1, 0.15) is 55.6 Å². The normalized spacial score (nSPS) is 18.3. The molecular weight excluding hydrogens is 406 g/mol. The summed E-state index contributed by atoms with van der Waals surface area (Å²) in [4.78, 5) is 8.54. The van der Waals surface area contributed by atoms with Gasteiger partial charge in [-0.3, -0.25) is 4.98 Å². The Morgan fingerprint density at radius 3 is 2.53 bits per heavy atom. The van der Waals surface area contributed by atoms with Gasteiger partial charge in [-0.1, -0.05) is 32.3 Å². The number of fused-ring (bicyclic) bond motifs is 1. The van der Waals surface area contributed by atoms with Crippen molar-refractivity contribution in [3.05, 3.63) is 83.6 Å². The van der Waals surface area contributed by atoms with Crippen molar-refractivity contribution in [3.63, 3.8) is 0 Å². The maximum atomic E-state index is 13.3. The van der Waals surface area contributed by atoms with Gasteiger partial charge in [-0.25, -0.2) is 18.3 Å². The predicted molar refractivity (Wildman–Crippen MR) is 122 cm³/mol. The minimum absolute atomic E-state index is 0.576. The highest BCUT2D eigenvalue weighted by Crippen LogP contribution is 2.37. The molecule has 0 spiro atoms. The van der Waals surface area contributed by atoms with E-state index in [2.05, 4.69) is 41.0 Å². The van der Waals surface area contributed by atoms with Crippen LogP contribution in [0.3, 0.4) is 0 Å². The molecule has 4 nitrogen and oxygen atoms in total. The molecule has 1 fully saturated rings. The number of benzene rings is 1. The Bertz CT molecular complexity index is 1220. The zero-order chi connectivity index (χ0) is 22.7. The fraction of sp³-hybridized carbons (Fsp3) is 0.346. The Kier molecular flexibility index (Phi) is 6.58. The van der Waals surface area contributed by atoms with E-state index in [9.17, 15) is 8.78 Å². The summed E-state index contributed by atoms with van der Waals surface area (Å²) in [7, 11) is 0. The summed E-state index contributed by atoms with van der Waals surface area (Å²) in [6.07, 6.45) is 9.29. The monoisotopic (exact) mass is 434 g/mol. The Hall–Kier alpha value is -3.15. The number of rotatable bonds is 2. The lowest BCUT2D eigenvalue weighted by atomic mass is 9.77. The quantitative estimate of drug-likeness (QED) is 0.354. The SMILES string of the molecule is Cc1cc(C2CCCCC2C)ccn1.Cc1nc2c(-c3ccc(F)c(F)c3)cccn2n1. The van der Waals surface area contributed by atoms with E-state index in [0.717, 1.165) is 35.2 Å². The van der Waals surface area contributed by atoms with Crippen molar-refractivity contribution < 1.29 is 8.78 Å². The molecule has 2 atom stereocenters. The van der Waals surface area contributed by atoms with Gasteiger partial charge in [0.05, 0.1) is 0 Å². The molecule has 6 heteroatoms. The number of hydrogen-bond acceptors (Lipinski definition) is 3. The maximum absolute atomic E-state index is 13.3. The lowest BCUT2D eigenvalue weighted by Gasteiger charge is -2.29. The molecule has 4 aromatic rings.